The van der Waals surface area contributed by atoms with Gasteiger partial charge in [0.2, 0.25) is 0 Å². The fraction of sp³-hybridized carbons (Fsp3) is 0.231. The highest BCUT2D eigenvalue weighted by molar-refractivity contribution is 5.64. The van der Waals surface area contributed by atoms with E-state index in [9.17, 15) is 10.1 Å². The SMILES string of the molecule is CC(C)n1cc(Nc2ccc([N+](=O)[O-])c(C#N)c2)cn1. The van der Waals surface area contributed by atoms with Crippen molar-refractivity contribution in [2.45, 2.75) is 19.9 Å². The Morgan fingerprint density at radius 1 is 1.45 bits per heavy atom. The monoisotopic (exact) mass is 271 g/mol. The summed E-state index contributed by atoms with van der Waals surface area (Å²) in [7, 11) is 0. The number of aromatic nitrogens is 2. The Labute approximate surface area is 115 Å². The van der Waals surface area contributed by atoms with E-state index in [2.05, 4.69) is 10.4 Å². The molecule has 0 atom stereocenters. The molecule has 0 saturated heterocycles. The first kappa shape index (κ1) is 13.5. The van der Waals surface area contributed by atoms with E-state index in [0.717, 1.165) is 5.69 Å². The molecule has 0 radical (unpaired) electrons. The molecule has 7 nitrogen and oxygen atoms in total. The lowest BCUT2D eigenvalue weighted by Crippen LogP contribution is -2.00. The van der Waals surface area contributed by atoms with Gasteiger partial charge in [0.05, 0.1) is 16.8 Å². The van der Waals surface area contributed by atoms with Gasteiger partial charge in [-0.3, -0.25) is 14.8 Å². The number of nitrogens with one attached hydrogen (secondary N) is 1. The van der Waals surface area contributed by atoms with Gasteiger partial charge in [-0.1, -0.05) is 0 Å². The molecule has 20 heavy (non-hydrogen) atoms. The highest BCUT2D eigenvalue weighted by Gasteiger charge is 2.14. The smallest absolute Gasteiger partial charge is 0.287 e. The van der Waals surface area contributed by atoms with Gasteiger partial charge in [0.15, 0.2) is 0 Å². The van der Waals surface area contributed by atoms with Gasteiger partial charge >= 0.3 is 0 Å². The number of benzene rings is 1. The lowest BCUT2D eigenvalue weighted by atomic mass is 10.1. The molecule has 2 aromatic rings. The van der Waals surface area contributed by atoms with Crippen LogP contribution in [0.2, 0.25) is 0 Å². The zero-order valence-electron chi connectivity index (χ0n) is 11.1. The maximum Gasteiger partial charge on any atom is 0.287 e. The van der Waals surface area contributed by atoms with Crippen LogP contribution in [0.5, 0.6) is 0 Å². The van der Waals surface area contributed by atoms with Crippen LogP contribution < -0.4 is 5.32 Å². The van der Waals surface area contributed by atoms with Crippen molar-refractivity contribution in [3.8, 4) is 6.07 Å². The number of nitrogens with zero attached hydrogens (tertiary/aromatic N) is 4. The number of nitriles is 1. The third-order valence-corrected chi connectivity index (χ3v) is 2.73. The number of nitro groups is 1. The highest BCUT2D eigenvalue weighted by atomic mass is 16.6. The summed E-state index contributed by atoms with van der Waals surface area (Å²) in [6.45, 7) is 4.02. The Morgan fingerprint density at radius 2 is 2.20 bits per heavy atom. The van der Waals surface area contributed by atoms with Crippen LogP contribution in [-0.2, 0) is 0 Å². The van der Waals surface area contributed by atoms with Crippen LogP contribution in [0, 0.1) is 21.4 Å². The molecule has 0 bridgehead atoms. The second kappa shape index (κ2) is 5.40. The number of rotatable bonds is 4. The summed E-state index contributed by atoms with van der Waals surface area (Å²) in [6.07, 6.45) is 3.49. The zero-order valence-corrected chi connectivity index (χ0v) is 11.1. The quantitative estimate of drug-likeness (QED) is 0.681. The third kappa shape index (κ3) is 2.75. The van der Waals surface area contributed by atoms with Crippen molar-refractivity contribution in [1.29, 1.82) is 5.26 Å². The van der Waals surface area contributed by atoms with Crippen LogP contribution in [0.25, 0.3) is 0 Å². The van der Waals surface area contributed by atoms with E-state index in [4.69, 9.17) is 5.26 Å². The van der Waals surface area contributed by atoms with Gasteiger partial charge in [0.1, 0.15) is 11.6 Å². The highest BCUT2D eigenvalue weighted by Crippen LogP contribution is 2.24. The van der Waals surface area contributed by atoms with Crippen LogP contribution in [-0.4, -0.2) is 14.7 Å². The zero-order chi connectivity index (χ0) is 14.7. The number of anilines is 2. The van der Waals surface area contributed by atoms with Gasteiger partial charge in [0, 0.05) is 24.0 Å². The van der Waals surface area contributed by atoms with Crippen LogP contribution in [0.1, 0.15) is 25.5 Å². The van der Waals surface area contributed by atoms with Gasteiger partial charge in [0.25, 0.3) is 5.69 Å². The van der Waals surface area contributed by atoms with Crippen molar-refractivity contribution in [3.05, 3.63) is 46.3 Å². The van der Waals surface area contributed by atoms with Crippen molar-refractivity contribution in [1.82, 2.24) is 9.78 Å². The second-order valence-electron chi connectivity index (χ2n) is 4.53. The summed E-state index contributed by atoms with van der Waals surface area (Å²) in [5.41, 5.74) is 1.19. The number of hydrogen-bond acceptors (Lipinski definition) is 5. The van der Waals surface area contributed by atoms with Gasteiger partial charge in [-0.25, -0.2) is 0 Å². The van der Waals surface area contributed by atoms with E-state index < -0.39 is 4.92 Å². The molecule has 1 aromatic carbocycles. The van der Waals surface area contributed by atoms with Crippen molar-refractivity contribution in [2.24, 2.45) is 0 Å². The molecule has 0 saturated carbocycles. The molecule has 1 N–H and O–H groups in total. The van der Waals surface area contributed by atoms with E-state index in [1.807, 2.05) is 26.1 Å². The molecule has 1 heterocycles. The molecule has 0 unspecified atom stereocenters. The summed E-state index contributed by atoms with van der Waals surface area (Å²) in [6, 6.07) is 6.40. The topological polar surface area (TPSA) is 96.8 Å². The summed E-state index contributed by atoms with van der Waals surface area (Å²) < 4.78 is 1.79. The Hall–Kier alpha value is -2.88. The van der Waals surface area contributed by atoms with Crippen molar-refractivity contribution in [3.63, 3.8) is 0 Å². The van der Waals surface area contributed by atoms with Gasteiger partial charge in [-0.05, 0) is 26.0 Å². The predicted molar refractivity (Wildman–Crippen MR) is 73.7 cm³/mol. The van der Waals surface area contributed by atoms with Gasteiger partial charge in [-0.2, -0.15) is 10.4 Å². The lowest BCUT2D eigenvalue weighted by molar-refractivity contribution is -0.385. The van der Waals surface area contributed by atoms with E-state index >= 15 is 0 Å². The summed E-state index contributed by atoms with van der Waals surface area (Å²) in [5.74, 6) is 0. The molecule has 0 aliphatic rings. The normalized spacial score (nSPS) is 10.3. The van der Waals surface area contributed by atoms with Crippen molar-refractivity contribution >= 4 is 17.1 Å². The molecule has 0 aliphatic heterocycles. The molecule has 0 amide bonds. The van der Waals surface area contributed by atoms with E-state index in [1.54, 1.807) is 16.9 Å². The molecule has 2 rings (SSSR count). The number of hydrogen-bond donors (Lipinski definition) is 1. The molecular formula is C13H13N5O2. The Bertz CT molecular complexity index is 684. The molecule has 1 aromatic heterocycles. The van der Waals surface area contributed by atoms with E-state index in [0.29, 0.717) is 5.69 Å². The van der Waals surface area contributed by atoms with Gasteiger partial charge < -0.3 is 5.32 Å². The minimum atomic E-state index is -0.570. The molecule has 0 aliphatic carbocycles. The maximum absolute atomic E-state index is 10.7. The largest absolute Gasteiger partial charge is 0.353 e. The molecular weight excluding hydrogens is 258 g/mol. The second-order valence-corrected chi connectivity index (χ2v) is 4.53. The first-order chi connectivity index (χ1) is 9.51. The fourth-order valence-corrected chi connectivity index (χ4v) is 1.71. The average Bonchev–Trinajstić information content (AvgIpc) is 2.87. The van der Waals surface area contributed by atoms with Gasteiger partial charge in [-0.15, -0.1) is 0 Å². The summed E-state index contributed by atoms with van der Waals surface area (Å²) in [4.78, 5) is 10.2. The fourth-order valence-electron chi connectivity index (χ4n) is 1.71. The Balaban J connectivity index is 2.25. The Kier molecular flexibility index (Phi) is 3.66. The van der Waals surface area contributed by atoms with E-state index in [1.165, 1.54) is 12.1 Å². The summed E-state index contributed by atoms with van der Waals surface area (Å²) >= 11 is 0. The van der Waals surface area contributed by atoms with Crippen molar-refractivity contribution < 1.29 is 4.92 Å². The first-order valence-corrected chi connectivity index (χ1v) is 6.01. The van der Waals surface area contributed by atoms with Crippen LogP contribution in [0.3, 0.4) is 0 Å². The Morgan fingerprint density at radius 3 is 2.75 bits per heavy atom. The molecule has 7 heteroatoms. The van der Waals surface area contributed by atoms with E-state index in [-0.39, 0.29) is 17.3 Å². The minimum Gasteiger partial charge on any atom is -0.353 e. The lowest BCUT2D eigenvalue weighted by Gasteiger charge is -2.05. The number of nitro benzene ring substituents is 1. The maximum atomic E-state index is 10.7. The average molecular weight is 271 g/mol. The minimum absolute atomic E-state index is 0.0243. The van der Waals surface area contributed by atoms with Crippen LogP contribution >= 0.6 is 0 Å². The molecule has 102 valence electrons. The molecule has 0 spiro atoms. The van der Waals surface area contributed by atoms with Crippen molar-refractivity contribution in [2.75, 3.05) is 5.32 Å². The molecule has 0 fully saturated rings. The van der Waals surface area contributed by atoms with Crippen LogP contribution in [0.4, 0.5) is 17.1 Å². The predicted octanol–water partition coefficient (Wildman–Crippen LogP) is 2.99. The summed E-state index contributed by atoms with van der Waals surface area (Å²) in [5, 5.41) is 26.9. The third-order valence-electron chi connectivity index (χ3n) is 2.73. The standard InChI is InChI=1S/C13H13N5O2/c1-9(2)17-8-12(7-15-17)16-11-3-4-13(18(19)20)10(5-11)6-14/h3-5,7-9,16H,1-2H3. The van der Waals surface area contributed by atoms with Crippen LogP contribution in [0.15, 0.2) is 30.6 Å². The first-order valence-electron chi connectivity index (χ1n) is 6.01.